The minimum Gasteiger partial charge on any atom is -0.365 e. The van der Waals surface area contributed by atoms with Crippen LogP contribution in [-0.2, 0) is 4.79 Å². The smallest absolute Gasteiger partial charge is 0.255 e. The first kappa shape index (κ1) is 18.7. The Morgan fingerprint density at radius 1 is 1.04 bits per heavy atom. The number of nitrogens with zero attached hydrogens (tertiary/aromatic N) is 2. The van der Waals surface area contributed by atoms with Gasteiger partial charge in [-0.15, -0.1) is 0 Å². The summed E-state index contributed by atoms with van der Waals surface area (Å²) in [5, 5.41) is 3.54. The molecule has 1 saturated heterocycles. The highest BCUT2D eigenvalue weighted by molar-refractivity contribution is 9.10. The molecule has 0 radical (unpaired) electrons. The summed E-state index contributed by atoms with van der Waals surface area (Å²) < 4.78 is 0.917. The van der Waals surface area contributed by atoms with Crippen LogP contribution in [0.15, 0.2) is 46.9 Å². The molecule has 7 heteroatoms. The molecule has 2 aromatic carbocycles. The quantitative estimate of drug-likeness (QED) is 0.790. The van der Waals surface area contributed by atoms with Crippen LogP contribution < -0.4 is 10.2 Å². The highest BCUT2D eigenvalue weighted by Gasteiger charge is 2.23. The summed E-state index contributed by atoms with van der Waals surface area (Å²) >= 11 is 9.80. The lowest BCUT2D eigenvalue weighted by atomic mass is 10.1. The normalized spacial score (nSPS) is 14.3. The summed E-state index contributed by atoms with van der Waals surface area (Å²) in [5.74, 6) is -0.115. The van der Waals surface area contributed by atoms with Crippen LogP contribution in [0, 0.1) is 0 Å². The second kappa shape index (κ2) is 8.10. The van der Waals surface area contributed by atoms with Crippen molar-refractivity contribution in [1.82, 2.24) is 4.90 Å². The van der Waals surface area contributed by atoms with Gasteiger partial charge in [-0.05, 0) is 36.4 Å². The molecule has 1 aliphatic rings. The van der Waals surface area contributed by atoms with Crippen LogP contribution in [0.3, 0.4) is 0 Å². The van der Waals surface area contributed by atoms with Crippen molar-refractivity contribution in [3.8, 4) is 0 Å². The summed E-state index contributed by atoms with van der Waals surface area (Å²) in [6, 6.07) is 12.6. The highest BCUT2D eigenvalue weighted by atomic mass is 79.9. The zero-order chi connectivity index (χ0) is 18.7. The number of hydrogen-bond acceptors (Lipinski definition) is 3. The zero-order valence-corrected chi connectivity index (χ0v) is 16.7. The third-order valence-electron chi connectivity index (χ3n) is 4.38. The Balaban J connectivity index is 1.80. The van der Waals surface area contributed by atoms with E-state index in [0.717, 1.165) is 10.2 Å². The molecule has 1 heterocycles. The van der Waals surface area contributed by atoms with Crippen molar-refractivity contribution >= 4 is 50.7 Å². The fourth-order valence-corrected chi connectivity index (χ4v) is 3.54. The van der Waals surface area contributed by atoms with Crippen LogP contribution >= 0.6 is 27.5 Å². The number of amides is 2. The molecular weight excluding hydrogens is 418 g/mol. The van der Waals surface area contributed by atoms with Crippen LogP contribution in [-0.4, -0.2) is 42.9 Å². The number of para-hydroxylation sites is 1. The monoisotopic (exact) mass is 435 g/mol. The number of piperazine rings is 1. The molecule has 1 N–H and O–H groups in total. The van der Waals surface area contributed by atoms with Gasteiger partial charge in [-0.1, -0.05) is 33.6 Å². The Hall–Kier alpha value is -2.05. The van der Waals surface area contributed by atoms with Gasteiger partial charge in [-0.2, -0.15) is 0 Å². The minimum absolute atomic E-state index is 0.0765. The fraction of sp³-hybridized carbons (Fsp3) is 0.263. The van der Waals surface area contributed by atoms with E-state index in [2.05, 4.69) is 26.1 Å². The van der Waals surface area contributed by atoms with Gasteiger partial charge in [0.1, 0.15) is 0 Å². The molecule has 2 amide bonds. The van der Waals surface area contributed by atoms with Gasteiger partial charge in [-0.3, -0.25) is 9.59 Å². The molecule has 0 aromatic heterocycles. The molecule has 0 aliphatic carbocycles. The van der Waals surface area contributed by atoms with Gasteiger partial charge in [0, 0.05) is 43.1 Å². The number of rotatable bonds is 3. The van der Waals surface area contributed by atoms with E-state index in [1.807, 2.05) is 35.2 Å². The van der Waals surface area contributed by atoms with Crippen molar-refractivity contribution in [3.05, 3.63) is 57.5 Å². The Labute approximate surface area is 166 Å². The Bertz CT molecular complexity index is 818. The summed E-state index contributed by atoms with van der Waals surface area (Å²) in [5.41, 5.74) is 2.03. The summed E-state index contributed by atoms with van der Waals surface area (Å²) in [6.07, 6.45) is 0. The summed E-state index contributed by atoms with van der Waals surface area (Å²) in [4.78, 5) is 28.0. The lowest BCUT2D eigenvalue weighted by molar-refractivity contribution is -0.129. The molecule has 1 fully saturated rings. The van der Waals surface area contributed by atoms with E-state index in [4.69, 9.17) is 11.6 Å². The van der Waals surface area contributed by atoms with Crippen molar-refractivity contribution < 1.29 is 9.59 Å². The molecule has 136 valence electrons. The number of carbonyl (C=O) groups excluding carboxylic acids is 2. The minimum atomic E-state index is -0.191. The molecule has 2 aromatic rings. The first-order chi connectivity index (χ1) is 12.5. The van der Waals surface area contributed by atoms with Crippen molar-refractivity contribution in [2.45, 2.75) is 6.92 Å². The lowest BCUT2D eigenvalue weighted by Gasteiger charge is -2.37. The van der Waals surface area contributed by atoms with Crippen molar-refractivity contribution in [3.63, 3.8) is 0 Å². The predicted octanol–water partition coefficient (Wildman–Crippen LogP) is 4.02. The second-order valence-corrected chi connectivity index (χ2v) is 7.41. The predicted molar refractivity (Wildman–Crippen MR) is 108 cm³/mol. The average Bonchev–Trinajstić information content (AvgIpc) is 2.62. The van der Waals surface area contributed by atoms with Gasteiger partial charge >= 0.3 is 0 Å². The van der Waals surface area contributed by atoms with Crippen LogP contribution in [0.1, 0.15) is 17.3 Å². The van der Waals surface area contributed by atoms with E-state index in [1.165, 1.54) is 0 Å². The summed E-state index contributed by atoms with van der Waals surface area (Å²) in [7, 11) is 0. The molecule has 0 bridgehead atoms. The molecule has 0 spiro atoms. The van der Waals surface area contributed by atoms with E-state index in [-0.39, 0.29) is 11.8 Å². The van der Waals surface area contributed by atoms with Gasteiger partial charge in [0.05, 0.1) is 16.4 Å². The Morgan fingerprint density at radius 3 is 2.31 bits per heavy atom. The third kappa shape index (κ3) is 4.19. The van der Waals surface area contributed by atoms with Gasteiger partial charge in [0.2, 0.25) is 5.91 Å². The van der Waals surface area contributed by atoms with E-state index in [0.29, 0.717) is 42.5 Å². The van der Waals surface area contributed by atoms with Crippen molar-refractivity contribution in [2.24, 2.45) is 0 Å². The van der Waals surface area contributed by atoms with E-state index < -0.39 is 0 Å². The number of anilines is 2. The molecule has 0 saturated carbocycles. The maximum atomic E-state index is 12.6. The SMILES string of the molecule is CC(=O)N1CCN(c2c(Cl)cccc2NC(=O)c2ccc(Br)cc2)CC1. The average molecular weight is 437 g/mol. The molecular formula is C19H19BrClN3O2. The van der Waals surface area contributed by atoms with Gasteiger partial charge in [-0.25, -0.2) is 0 Å². The molecule has 0 unspecified atom stereocenters. The van der Waals surface area contributed by atoms with E-state index in [1.54, 1.807) is 19.1 Å². The van der Waals surface area contributed by atoms with Crippen LogP contribution in [0.2, 0.25) is 5.02 Å². The van der Waals surface area contributed by atoms with Crippen molar-refractivity contribution in [1.29, 1.82) is 0 Å². The number of benzene rings is 2. The molecule has 1 aliphatic heterocycles. The van der Waals surface area contributed by atoms with Gasteiger partial charge in [0.25, 0.3) is 5.91 Å². The number of hydrogen-bond donors (Lipinski definition) is 1. The molecule has 0 atom stereocenters. The molecule has 26 heavy (non-hydrogen) atoms. The van der Waals surface area contributed by atoms with Crippen LogP contribution in [0.25, 0.3) is 0 Å². The highest BCUT2D eigenvalue weighted by Crippen LogP contribution is 2.35. The molecule has 5 nitrogen and oxygen atoms in total. The van der Waals surface area contributed by atoms with Crippen LogP contribution in [0.5, 0.6) is 0 Å². The largest absolute Gasteiger partial charge is 0.365 e. The number of nitrogens with one attached hydrogen (secondary N) is 1. The fourth-order valence-electron chi connectivity index (χ4n) is 2.98. The maximum Gasteiger partial charge on any atom is 0.255 e. The topological polar surface area (TPSA) is 52.7 Å². The van der Waals surface area contributed by atoms with Crippen LogP contribution in [0.4, 0.5) is 11.4 Å². The van der Waals surface area contributed by atoms with Gasteiger partial charge in [0.15, 0.2) is 0 Å². The van der Waals surface area contributed by atoms with Gasteiger partial charge < -0.3 is 15.1 Å². The Kier molecular flexibility index (Phi) is 5.84. The number of carbonyl (C=O) groups is 2. The Morgan fingerprint density at radius 2 is 1.69 bits per heavy atom. The second-order valence-electron chi connectivity index (χ2n) is 6.09. The van der Waals surface area contributed by atoms with E-state index in [9.17, 15) is 9.59 Å². The first-order valence-electron chi connectivity index (χ1n) is 8.31. The molecule has 3 rings (SSSR count). The zero-order valence-electron chi connectivity index (χ0n) is 14.3. The standard InChI is InChI=1S/C19H19BrClN3O2/c1-13(25)23-9-11-24(12-10-23)18-16(21)3-2-4-17(18)22-19(26)14-5-7-15(20)8-6-14/h2-8H,9-12H2,1H3,(H,22,26). The first-order valence-corrected chi connectivity index (χ1v) is 9.48. The lowest BCUT2D eigenvalue weighted by Crippen LogP contribution is -2.48. The third-order valence-corrected chi connectivity index (χ3v) is 5.22. The van der Waals surface area contributed by atoms with Crippen molar-refractivity contribution in [2.75, 3.05) is 36.4 Å². The summed E-state index contributed by atoms with van der Waals surface area (Å²) in [6.45, 7) is 4.20. The maximum absolute atomic E-state index is 12.6. The van der Waals surface area contributed by atoms with E-state index >= 15 is 0 Å². The number of halogens is 2.